The van der Waals surface area contributed by atoms with Gasteiger partial charge in [0.05, 0.1) is 6.04 Å². The van der Waals surface area contributed by atoms with Crippen LogP contribution in [-0.4, -0.2) is 23.0 Å². The molecule has 2 aromatic carbocycles. The van der Waals surface area contributed by atoms with Gasteiger partial charge in [-0.2, -0.15) is 0 Å². The zero-order valence-corrected chi connectivity index (χ0v) is 14.2. The predicted molar refractivity (Wildman–Crippen MR) is 99.0 cm³/mol. The highest BCUT2D eigenvalue weighted by molar-refractivity contribution is 5.75. The summed E-state index contributed by atoms with van der Waals surface area (Å²) >= 11 is 0. The Hall–Kier alpha value is -3.14. The molecule has 0 bridgehead atoms. The molecule has 0 radical (unpaired) electrons. The molecule has 0 aliphatic carbocycles. The van der Waals surface area contributed by atoms with E-state index in [-0.39, 0.29) is 12.1 Å². The second kappa shape index (κ2) is 8.11. The zero-order valence-electron chi connectivity index (χ0n) is 14.2. The van der Waals surface area contributed by atoms with E-state index in [1.54, 1.807) is 24.3 Å². The Morgan fingerprint density at radius 1 is 0.960 bits per heavy atom. The predicted octanol–water partition coefficient (Wildman–Crippen LogP) is 4.01. The highest BCUT2D eigenvalue weighted by Gasteiger charge is 2.19. The molecule has 0 saturated carbocycles. The minimum absolute atomic E-state index is 0.124. The highest BCUT2D eigenvalue weighted by Crippen LogP contribution is 2.21. The van der Waals surface area contributed by atoms with Crippen LogP contribution in [0.1, 0.15) is 22.7 Å². The second-order valence-corrected chi connectivity index (χ2v) is 5.92. The summed E-state index contributed by atoms with van der Waals surface area (Å²) in [6.07, 6.45) is 3.52. The SMILES string of the molecule is CN(Cc1ccccc1)C(=O)N[C@@H](c1ccccc1)c1cccnc1. The van der Waals surface area contributed by atoms with Crippen molar-refractivity contribution >= 4 is 6.03 Å². The molecule has 0 spiro atoms. The lowest BCUT2D eigenvalue weighted by Gasteiger charge is -2.24. The molecule has 1 heterocycles. The average molecular weight is 331 g/mol. The average Bonchev–Trinajstić information content (AvgIpc) is 2.68. The van der Waals surface area contributed by atoms with Crippen LogP contribution in [0.25, 0.3) is 0 Å². The molecule has 1 atom stereocenters. The standard InChI is InChI=1S/C21H21N3O/c1-24(16-17-9-4-2-5-10-17)21(25)23-20(18-11-6-3-7-12-18)19-13-8-14-22-15-19/h2-15,20H,16H2,1H3,(H,23,25)/t20-/m0/s1. The third-order valence-electron chi connectivity index (χ3n) is 4.03. The topological polar surface area (TPSA) is 45.2 Å². The Balaban J connectivity index is 1.77. The van der Waals surface area contributed by atoms with Gasteiger partial charge in [0.25, 0.3) is 0 Å². The van der Waals surface area contributed by atoms with Gasteiger partial charge in [-0.25, -0.2) is 4.79 Å². The summed E-state index contributed by atoms with van der Waals surface area (Å²) in [5, 5.41) is 3.12. The number of hydrogen-bond acceptors (Lipinski definition) is 2. The van der Waals surface area contributed by atoms with Gasteiger partial charge in [0, 0.05) is 26.0 Å². The van der Waals surface area contributed by atoms with Crippen molar-refractivity contribution in [2.75, 3.05) is 7.05 Å². The van der Waals surface area contributed by atoms with E-state index in [1.807, 2.05) is 72.8 Å². The Morgan fingerprint density at radius 2 is 1.60 bits per heavy atom. The van der Waals surface area contributed by atoms with Crippen molar-refractivity contribution in [2.45, 2.75) is 12.6 Å². The number of amides is 2. The van der Waals surface area contributed by atoms with E-state index in [0.717, 1.165) is 16.7 Å². The first kappa shape index (κ1) is 16.7. The van der Waals surface area contributed by atoms with E-state index in [4.69, 9.17) is 0 Å². The van der Waals surface area contributed by atoms with Crippen LogP contribution in [0.5, 0.6) is 0 Å². The van der Waals surface area contributed by atoms with Gasteiger partial charge in [-0.1, -0.05) is 66.7 Å². The number of nitrogens with one attached hydrogen (secondary N) is 1. The third-order valence-corrected chi connectivity index (χ3v) is 4.03. The maximum Gasteiger partial charge on any atom is 0.318 e. The van der Waals surface area contributed by atoms with Crippen LogP contribution in [0.15, 0.2) is 85.2 Å². The summed E-state index contributed by atoms with van der Waals surface area (Å²) in [7, 11) is 1.80. The first-order valence-electron chi connectivity index (χ1n) is 8.24. The fourth-order valence-electron chi connectivity index (χ4n) is 2.71. The molecular formula is C21H21N3O. The summed E-state index contributed by atoms with van der Waals surface area (Å²) < 4.78 is 0. The van der Waals surface area contributed by atoms with Crippen molar-refractivity contribution in [1.82, 2.24) is 15.2 Å². The maximum absolute atomic E-state index is 12.7. The van der Waals surface area contributed by atoms with Gasteiger partial charge >= 0.3 is 6.03 Å². The van der Waals surface area contributed by atoms with E-state index in [2.05, 4.69) is 10.3 Å². The number of hydrogen-bond donors (Lipinski definition) is 1. The number of aromatic nitrogens is 1. The monoisotopic (exact) mass is 331 g/mol. The van der Waals surface area contributed by atoms with Crippen LogP contribution in [0.4, 0.5) is 4.79 Å². The van der Waals surface area contributed by atoms with Gasteiger partial charge in [0.2, 0.25) is 0 Å². The largest absolute Gasteiger partial charge is 0.327 e. The fourth-order valence-corrected chi connectivity index (χ4v) is 2.71. The van der Waals surface area contributed by atoms with Crippen LogP contribution in [-0.2, 0) is 6.54 Å². The molecule has 0 unspecified atom stereocenters. The van der Waals surface area contributed by atoms with Gasteiger partial charge in [0.15, 0.2) is 0 Å². The molecule has 126 valence electrons. The maximum atomic E-state index is 12.7. The number of carbonyl (C=O) groups is 1. The Kier molecular flexibility index (Phi) is 5.42. The van der Waals surface area contributed by atoms with Gasteiger partial charge in [-0.15, -0.1) is 0 Å². The minimum atomic E-state index is -0.236. The summed E-state index contributed by atoms with van der Waals surface area (Å²) in [5.74, 6) is 0. The molecule has 4 nitrogen and oxygen atoms in total. The number of nitrogens with zero attached hydrogens (tertiary/aromatic N) is 2. The summed E-state index contributed by atoms with van der Waals surface area (Å²) in [5.41, 5.74) is 3.07. The van der Waals surface area contributed by atoms with Crippen molar-refractivity contribution < 1.29 is 4.79 Å². The van der Waals surface area contributed by atoms with Gasteiger partial charge < -0.3 is 10.2 Å². The number of carbonyl (C=O) groups excluding carboxylic acids is 1. The summed E-state index contributed by atoms with van der Waals surface area (Å²) in [6, 6.07) is 23.4. The molecule has 0 aliphatic heterocycles. The van der Waals surface area contributed by atoms with Crippen molar-refractivity contribution in [1.29, 1.82) is 0 Å². The number of pyridine rings is 1. The molecule has 25 heavy (non-hydrogen) atoms. The first-order valence-corrected chi connectivity index (χ1v) is 8.24. The molecule has 1 N–H and O–H groups in total. The van der Waals surface area contributed by atoms with E-state index in [9.17, 15) is 4.79 Å². The van der Waals surface area contributed by atoms with Crippen molar-refractivity contribution in [3.05, 3.63) is 102 Å². The molecule has 0 saturated heterocycles. The van der Waals surface area contributed by atoms with Crippen LogP contribution in [0, 0.1) is 0 Å². The van der Waals surface area contributed by atoms with Crippen LogP contribution in [0.2, 0.25) is 0 Å². The van der Waals surface area contributed by atoms with E-state index in [1.165, 1.54) is 0 Å². The smallest absolute Gasteiger partial charge is 0.318 e. The van der Waals surface area contributed by atoms with Gasteiger partial charge in [-0.3, -0.25) is 4.98 Å². The van der Waals surface area contributed by atoms with Crippen LogP contribution < -0.4 is 5.32 Å². The highest BCUT2D eigenvalue weighted by atomic mass is 16.2. The van der Waals surface area contributed by atoms with Crippen molar-refractivity contribution in [3.63, 3.8) is 0 Å². The quantitative estimate of drug-likeness (QED) is 0.768. The third kappa shape index (κ3) is 4.44. The molecule has 3 aromatic rings. The Bertz CT molecular complexity index is 752. The number of urea groups is 1. The lowest BCUT2D eigenvalue weighted by Crippen LogP contribution is -2.39. The second-order valence-electron chi connectivity index (χ2n) is 5.92. The molecule has 3 rings (SSSR count). The lowest BCUT2D eigenvalue weighted by molar-refractivity contribution is 0.204. The van der Waals surface area contributed by atoms with Crippen LogP contribution in [0.3, 0.4) is 0 Å². The first-order chi connectivity index (χ1) is 12.2. The number of benzene rings is 2. The van der Waals surface area contributed by atoms with E-state index < -0.39 is 0 Å². The minimum Gasteiger partial charge on any atom is -0.327 e. The Labute approximate surface area is 148 Å². The van der Waals surface area contributed by atoms with Crippen molar-refractivity contribution in [2.24, 2.45) is 0 Å². The number of rotatable bonds is 5. The summed E-state index contributed by atoms with van der Waals surface area (Å²) in [6.45, 7) is 0.557. The molecule has 0 fully saturated rings. The van der Waals surface area contributed by atoms with Gasteiger partial charge in [-0.05, 0) is 22.8 Å². The van der Waals surface area contributed by atoms with E-state index >= 15 is 0 Å². The normalized spacial score (nSPS) is 11.6. The molecule has 1 aromatic heterocycles. The molecular weight excluding hydrogens is 310 g/mol. The van der Waals surface area contributed by atoms with Crippen LogP contribution >= 0.6 is 0 Å². The Morgan fingerprint density at radius 3 is 2.24 bits per heavy atom. The lowest BCUT2D eigenvalue weighted by atomic mass is 10.0. The van der Waals surface area contributed by atoms with Gasteiger partial charge in [0.1, 0.15) is 0 Å². The summed E-state index contributed by atoms with van der Waals surface area (Å²) in [4.78, 5) is 18.6. The van der Waals surface area contributed by atoms with Crippen molar-refractivity contribution in [3.8, 4) is 0 Å². The van der Waals surface area contributed by atoms with E-state index in [0.29, 0.717) is 6.54 Å². The fraction of sp³-hybridized carbons (Fsp3) is 0.143. The zero-order chi connectivity index (χ0) is 17.5. The molecule has 2 amide bonds. The molecule has 4 heteroatoms. The molecule has 0 aliphatic rings.